The van der Waals surface area contributed by atoms with E-state index in [4.69, 9.17) is 4.74 Å². The second-order valence-electron chi connectivity index (χ2n) is 11.4. The summed E-state index contributed by atoms with van der Waals surface area (Å²) in [7, 11) is 0. The Balaban J connectivity index is 1.33. The summed E-state index contributed by atoms with van der Waals surface area (Å²) < 4.78 is 87.3. The fourth-order valence-electron chi connectivity index (χ4n) is 7.07. The molecule has 0 radical (unpaired) electrons. The van der Waals surface area contributed by atoms with E-state index in [9.17, 15) is 45.5 Å². The summed E-state index contributed by atoms with van der Waals surface area (Å²) in [6.07, 6.45) is -8.60. The number of carbonyl (C=O) groups is 4. The van der Waals surface area contributed by atoms with Gasteiger partial charge < -0.3 is 20.3 Å². The largest absolute Gasteiger partial charge is 0.522 e. The summed E-state index contributed by atoms with van der Waals surface area (Å²) >= 11 is 0. The molecule has 2 saturated carbocycles. The zero-order chi connectivity index (χ0) is 28.4. The monoisotopic (exact) mass is 569 g/mol. The smallest absolute Gasteiger partial charge is 0.364 e. The molecule has 6 aliphatic rings. The van der Waals surface area contributed by atoms with Crippen molar-refractivity contribution in [3.8, 4) is 0 Å². The fourth-order valence-corrected chi connectivity index (χ4v) is 7.07. The number of hydrogen-bond acceptors (Lipinski definition) is 6. The molecule has 6 fully saturated rings. The number of nitrogens with zero attached hydrogens (tertiary/aromatic N) is 1. The van der Waals surface area contributed by atoms with E-state index in [1.165, 1.54) is 4.90 Å². The summed E-state index contributed by atoms with van der Waals surface area (Å²) in [5.74, 6) is -4.13. The van der Waals surface area contributed by atoms with Crippen LogP contribution in [0.5, 0.6) is 0 Å². The third-order valence-electron chi connectivity index (χ3n) is 9.05. The molecule has 218 valence electrons. The molecule has 9 nitrogen and oxygen atoms in total. The standard InChI is InChI=1S/C24H29F6N3O6/c25-23(26,27)21-9-22(10-21,39-11-21)20(37)33-7-13-2-1-3-14(13)17(33)19(36)32-15(6-12-4-5-31-18(12)35)16(34)8-38-24(28,29)30/h12-15,17H,1-11H2,(H,31,35)(H,32,36)/t12-,13-,14-,15-,17-,21?,22?/m0/s1. The van der Waals surface area contributed by atoms with Crippen LogP contribution >= 0.6 is 0 Å². The number of nitrogens with one attached hydrogen (secondary N) is 2. The van der Waals surface area contributed by atoms with Gasteiger partial charge in [-0.15, -0.1) is 13.2 Å². The lowest BCUT2D eigenvalue weighted by Crippen LogP contribution is -2.62. The highest BCUT2D eigenvalue weighted by molar-refractivity contribution is 5.96. The Morgan fingerprint density at radius 1 is 1.13 bits per heavy atom. The number of Topliss-reactive ketones (excluding diaryl/α,β-unsaturated/α-hetero) is 1. The first-order valence-corrected chi connectivity index (χ1v) is 13.0. The van der Waals surface area contributed by atoms with Crippen LogP contribution in [0.25, 0.3) is 0 Å². The summed E-state index contributed by atoms with van der Waals surface area (Å²) in [5, 5.41) is 5.02. The normalized spacial score (nSPS) is 36.4. The molecule has 2 aliphatic carbocycles. The van der Waals surface area contributed by atoms with Gasteiger partial charge in [0.15, 0.2) is 5.78 Å². The number of ether oxygens (including phenoxy) is 2. The number of hydrogen-bond donors (Lipinski definition) is 2. The van der Waals surface area contributed by atoms with Crippen LogP contribution in [0, 0.1) is 23.2 Å². The highest BCUT2D eigenvalue weighted by Crippen LogP contribution is 2.65. The average molecular weight is 569 g/mol. The van der Waals surface area contributed by atoms with Crippen molar-refractivity contribution in [2.75, 3.05) is 26.3 Å². The average Bonchev–Trinajstić information content (AvgIpc) is 3.61. The highest BCUT2D eigenvalue weighted by Gasteiger charge is 2.77. The van der Waals surface area contributed by atoms with E-state index in [1.807, 2.05) is 0 Å². The highest BCUT2D eigenvalue weighted by atomic mass is 19.4. The van der Waals surface area contributed by atoms with Crippen LogP contribution in [0.3, 0.4) is 0 Å². The van der Waals surface area contributed by atoms with Gasteiger partial charge >= 0.3 is 12.5 Å². The third-order valence-corrected chi connectivity index (χ3v) is 9.05. The van der Waals surface area contributed by atoms with E-state index < -0.39 is 91.1 Å². The Hall–Kier alpha value is -2.42. The van der Waals surface area contributed by atoms with E-state index in [-0.39, 0.29) is 24.8 Å². The van der Waals surface area contributed by atoms with Crippen LogP contribution in [0.1, 0.15) is 44.9 Å². The van der Waals surface area contributed by atoms with Crippen LogP contribution in [-0.4, -0.2) is 84.9 Å². The lowest BCUT2D eigenvalue weighted by atomic mass is 9.61. The lowest BCUT2D eigenvalue weighted by Gasteiger charge is -2.46. The van der Waals surface area contributed by atoms with Crippen LogP contribution < -0.4 is 10.6 Å². The second kappa shape index (κ2) is 9.60. The van der Waals surface area contributed by atoms with Gasteiger partial charge in [0.2, 0.25) is 11.8 Å². The maximum atomic E-state index is 13.6. The maximum absolute atomic E-state index is 13.6. The van der Waals surface area contributed by atoms with E-state index >= 15 is 0 Å². The zero-order valence-corrected chi connectivity index (χ0v) is 20.8. The van der Waals surface area contributed by atoms with Crippen molar-refractivity contribution < 1.29 is 55.0 Å². The van der Waals surface area contributed by atoms with E-state index in [1.54, 1.807) is 0 Å². The molecule has 6 rings (SSSR count). The van der Waals surface area contributed by atoms with Gasteiger partial charge in [-0.25, -0.2) is 0 Å². The number of carbonyl (C=O) groups excluding carboxylic acids is 4. The SMILES string of the molecule is O=C1NCC[C@H]1C[C@H](NC(=O)[C@@H]1[C@H]2CCC[C@H]2CN1C(=O)C12CC(C(F)(F)F)(CO1)C2)C(=O)COC(F)(F)F. The third kappa shape index (κ3) is 5.00. The Morgan fingerprint density at radius 3 is 2.44 bits per heavy atom. The van der Waals surface area contributed by atoms with Crippen molar-refractivity contribution in [2.24, 2.45) is 23.2 Å². The molecule has 4 heterocycles. The predicted octanol–water partition coefficient (Wildman–Crippen LogP) is 1.84. The van der Waals surface area contributed by atoms with Gasteiger partial charge in [0.1, 0.15) is 18.2 Å². The van der Waals surface area contributed by atoms with Gasteiger partial charge in [-0.2, -0.15) is 13.2 Å². The Kier molecular flexibility index (Phi) is 6.92. The van der Waals surface area contributed by atoms with Gasteiger partial charge in [0.05, 0.1) is 18.1 Å². The first kappa shape index (κ1) is 28.1. The molecule has 4 aliphatic heterocycles. The topological polar surface area (TPSA) is 114 Å². The van der Waals surface area contributed by atoms with Crippen LogP contribution in [0.15, 0.2) is 0 Å². The van der Waals surface area contributed by atoms with Crippen molar-refractivity contribution in [1.82, 2.24) is 15.5 Å². The van der Waals surface area contributed by atoms with Gasteiger partial charge in [0.25, 0.3) is 5.91 Å². The maximum Gasteiger partial charge on any atom is 0.522 e. The molecule has 0 aromatic carbocycles. The molecule has 3 amide bonds. The minimum absolute atomic E-state index is 0.0849. The number of alkyl halides is 6. The number of fused-ring (bicyclic) bond motifs is 2. The molecule has 4 saturated heterocycles. The van der Waals surface area contributed by atoms with Gasteiger partial charge in [-0.1, -0.05) is 6.42 Å². The Morgan fingerprint density at radius 2 is 1.85 bits per heavy atom. The number of halogens is 6. The summed E-state index contributed by atoms with van der Waals surface area (Å²) in [5.41, 5.74) is -3.77. The molecule has 39 heavy (non-hydrogen) atoms. The summed E-state index contributed by atoms with van der Waals surface area (Å²) in [6, 6.07) is -2.62. The number of ketones is 1. The van der Waals surface area contributed by atoms with Gasteiger partial charge in [-0.05, 0) is 37.5 Å². The summed E-state index contributed by atoms with van der Waals surface area (Å²) in [6.45, 7) is -1.57. The zero-order valence-electron chi connectivity index (χ0n) is 20.8. The molecule has 0 aromatic heterocycles. The first-order valence-electron chi connectivity index (χ1n) is 13.0. The van der Waals surface area contributed by atoms with E-state index in [0.717, 1.165) is 6.42 Å². The number of amides is 3. The minimum atomic E-state index is -5.09. The Labute approximate surface area is 219 Å². The molecule has 2 N–H and O–H groups in total. The molecule has 2 bridgehead atoms. The van der Waals surface area contributed by atoms with Gasteiger partial charge in [-0.3, -0.25) is 23.9 Å². The molecular weight excluding hydrogens is 540 g/mol. The molecule has 0 spiro atoms. The minimum Gasteiger partial charge on any atom is -0.364 e. The van der Waals surface area contributed by atoms with Crippen LogP contribution in [0.2, 0.25) is 0 Å². The van der Waals surface area contributed by atoms with Crippen molar-refractivity contribution in [3.63, 3.8) is 0 Å². The van der Waals surface area contributed by atoms with Crippen molar-refractivity contribution in [1.29, 1.82) is 0 Å². The predicted molar refractivity (Wildman–Crippen MR) is 117 cm³/mol. The second-order valence-corrected chi connectivity index (χ2v) is 11.4. The first-order chi connectivity index (χ1) is 18.1. The molecular formula is C24H29F6N3O6. The van der Waals surface area contributed by atoms with Gasteiger partial charge in [0, 0.05) is 31.8 Å². The molecule has 0 aromatic rings. The van der Waals surface area contributed by atoms with Crippen molar-refractivity contribution in [2.45, 2.75) is 75.2 Å². The lowest BCUT2D eigenvalue weighted by molar-refractivity contribution is -0.321. The van der Waals surface area contributed by atoms with Crippen molar-refractivity contribution in [3.05, 3.63) is 0 Å². The summed E-state index contributed by atoms with van der Waals surface area (Å²) in [4.78, 5) is 53.1. The van der Waals surface area contributed by atoms with Crippen LogP contribution in [0.4, 0.5) is 26.3 Å². The molecule has 0 unspecified atom stereocenters. The van der Waals surface area contributed by atoms with E-state index in [0.29, 0.717) is 25.8 Å². The number of likely N-dealkylation sites (tertiary alicyclic amines) is 1. The fraction of sp³-hybridized carbons (Fsp3) is 0.833. The molecule has 15 heteroatoms. The van der Waals surface area contributed by atoms with Crippen LogP contribution in [-0.2, 0) is 28.7 Å². The Bertz CT molecular complexity index is 1040. The van der Waals surface area contributed by atoms with E-state index in [2.05, 4.69) is 15.4 Å². The quantitative estimate of drug-likeness (QED) is 0.432. The number of rotatable bonds is 8. The molecule has 5 atom stereocenters. The van der Waals surface area contributed by atoms with Crippen molar-refractivity contribution >= 4 is 23.5 Å².